The van der Waals surface area contributed by atoms with E-state index in [2.05, 4.69) is 15.3 Å². The van der Waals surface area contributed by atoms with Gasteiger partial charge >= 0.3 is 7.60 Å². The first kappa shape index (κ1) is 22.1. The lowest BCUT2D eigenvalue weighted by Crippen LogP contribution is -2.33. The van der Waals surface area contributed by atoms with Gasteiger partial charge in [-0.15, -0.1) is 0 Å². The third-order valence-corrected chi connectivity index (χ3v) is 5.42. The number of ether oxygens (including phenoxy) is 2. The Kier molecular flexibility index (Phi) is 6.29. The summed E-state index contributed by atoms with van der Waals surface area (Å²) in [5.41, 5.74) is 1.16. The number of aliphatic hydroxyl groups excluding tert-OH is 2. The molecular weight excluding hydrogens is 451 g/mol. The van der Waals surface area contributed by atoms with Crippen LogP contribution in [0.1, 0.15) is 6.23 Å². The third kappa shape index (κ3) is 4.89. The van der Waals surface area contributed by atoms with E-state index in [0.717, 1.165) is 5.69 Å². The molecule has 0 aliphatic carbocycles. The lowest BCUT2D eigenvalue weighted by Gasteiger charge is -2.18. The van der Waals surface area contributed by atoms with Crippen molar-refractivity contribution in [2.45, 2.75) is 24.5 Å². The van der Waals surface area contributed by atoms with Crippen molar-refractivity contribution in [1.82, 2.24) is 14.5 Å². The zero-order chi connectivity index (χ0) is 22.2. The van der Waals surface area contributed by atoms with E-state index in [0.29, 0.717) is 16.9 Å². The summed E-state index contributed by atoms with van der Waals surface area (Å²) in [6.07, 6.45) is -3.89. The molecule has 3 heterocycles. The van der Waals surface area contributed by atoms with Crippen LogP contribution in [0.15, 0.2) is 42.6 Å². The second kappa shape index (κ2) is 8.81. The average molecular weight is 471 g/mol. The van der Waals surface area contributed by atoms with Crippen molar-refractivity contribution in [1.29, 1.82) is 0 Å². The number of hydrogen-bond acceptors (Lipinski definition) is 8. The molecule has 5 N–H and O–H groups in total. The maximum Gasteiger partial charge on any atom is 0.350 e. The second-order valence-corrected chi connectivity index (χ2v) is 8.93. The molecule has 0 amide bonds. The van der Waals surface area contributed by atoms with E-state index >= 15 is 0 Å². The van der Waals surface area contributed by atoms with E-state index in [1.54, 1.807) is 12.3 Å². The van der Waals surface area contributed by atoms with Gasteiger partial charge in [-0.05, 0) is 29.8 Å². The smallest absolute Gasteiger partial charge is 0.350 e. The Labute approximate surface area is 181 Å². The number of benzene rings is 1. The van der Waals surface area contributed by atoms with E-state index < -0.39 is 38.5 Å². The molecule has 4 rings (SSSR count). The number of nitrogens with zero attached hydrogens (tertiary/aromatic N) is 3. The Hall–Kier alpha value is -2.08. The zero-order valence-corrected chi connectivity index (χ0v) is 17.6. The number of rotatable bonds is 7. The number of anilines is 2. The minimum absolute atomic E-state index is 0.0274. The van der Waals surface area contributed by atoms with Gasteiger partial charge in [0.05, 0.1) is 12.0 Å². The molecule has 2 aromatic heterocycles. The van der Waals surface area contributed by atoms with Crippen molar-refractivity contribution < 1.29 is 34.0 Å². The highest BCUT2D eigenvalue weighted by molar-refractivity contribution is 7.51. The summed E-state index contributed by atoms with van der Waals surface area (Å²) >= 11 is 6.11. The summed E-state index contributed by atoms with van der Waals surface area (Å²) in [6.45, 7) is -0.310. The highest BCUT2D eigenvalue weighted by Gasteiger charge is 2.44. The maximum absolute atomic E-state index is 10.9. The van der Waals surface area contributed by atoms with Crippen LogP contribution in [0.4, 0.5) is 11.5 Å². The normalized spacial score (nSPS) is 24.0. The summed E-state index contributed by atoms with van der Waals surface area (Å²) in [5, 5.41) is 24.5. The molecule has 1 aliphatic heterocycles. The lowest BCUT2D eigenvalue weighted by atomic mass is 10.1. The fourth-order valence-corrected chi connectivity index (χ4v) is 3.86. The third-order valence-electron chi connectivity index (χ3n) is 4.73. The Morgan fingerprint density at radius 2 is 1.90 bits per heavy atom. The number of aromatic nitrogens is 3. The van der Waals surface area contributed by atoms with Crippen molar-refractivity contribution >= 4 is 41.7 Å². The van der Waals surface area contributed by atoms with Gasteiger partial charge in [-0.2, -0.15) is 9.97 Å². The van der Waals surface area contributed by atoms with E-state index in [9.17, 15) is 14.8 Å². The van der Waals surface area contributed by atoms with Crippen LogP contribution in [0.2, 0.25) is 5.28 Å². The number of aliphatic hydroxyl groups is 2. The largest absolute Gasteiger partial charge is 0.387 e. The molecule has 11 nitrogen and oxygen atoms in total. The van der Waals surface area contributed by atoms with Crippen molar-refractivity contribution in [2.75, 3.05) is 18.3 Å². The molecule has 1 fully saturated rings. The topological polar surface area (TPSA) is 159 Å². The van der Waals surface area contributed by atoms with E-state index in [1.165, 1.54) is 4.57 Å². The van der Waals surface area contributed by atoms with Gasteiger partial charge < -0.3 is 39.4 Å². The molecular formula is C18H20ClN4O7P. The fraction of sp³-hybridized carbons (Fsp3) is 0.333. The van der Waals surface area contributed by atoms with Gasteiger partial charge in [0.15, 0.2) is 6.23 Å². The maximum atomic E-state index is 10.9. The molecule has 166 valence electrons. The summed E-state index contributed by atoms with van der Waals surface area (Å²) in [5.74, 6) is 0.453. The quantitative estimate of drug-likeness (QED) is 0.253. The SMILES string of the molecule is O=P(O)(O)COC[C@H]1O[C@@H](n2ccc3c(Nc4ccccc4)nc(Cl)nc32)[C@H](O)[C@@H]1O. The molecule has 3 aromatic rings. The van der Waals surface area contributed by atoms with E-state index in [4.69, 9.17) is 30.9 Å². The van der Waals surface area contributed by atoms with Crippen molar-refractivity contribution in [3.63, 3.8) is 0 Å². The van der Waals surface area contributed by atoms with Crippen molar-refractivity contribution in [3.05, 3.63) is 47.9 Å². The van der Waals surface area contributed by atoms with Gasteiger partial charge in [-0.25, -0.2) is 0 Å². The fourth-order valence-electron chi connectivity index (χ4n) is 3.35. The van der Waals surface area contributed by atoms with Crippen LogP contribution in [-0.2, 0) is 14.0 Å². The van der Waals surface area contributed by atoms with Crippen LogP contribution in [0.5, 0.6) is 0 Å². The Bertz CT molecular complexity index is 1110. The molecule has 31 heavy (non-hydrogen) atoms. The van der Waals surface area contributed by atoms with Gasteiger partial charge in [0.2, 0.25) is 5.28 Å². The Morgan fingerprint density at radius 3 is 2.61 bits per heavy atom. The number of fused-ring (bicyclic) bond motifs is 1. The second-order valence-electron chi connectivity index (χ2n) is 7.00. The van der Waals surface area contributed by atoms with E-state index in [1.807, 2.05) is 30.3 Å². The van der Waals surface area contributed by atoms with Gasteiger partial charge in [-0.1, -0.05) is 18.2 Å². The van der Waals surface area contributed by atoms with Gasteiger partial charge in [0, 0.05) is 11.9 Å². The summed E-state index contributed by atoms with van der Waals surface area (Å²) in [7, 11) is -4.36. The van der Waals surface area contributed by atoms with Crippen LogP contribution in [0.25, 0.3) is 11.0 Å². The van der Waals surface area contributed by atoms with E-state index in [-0.39, 0.29) is 11.9 Å². The highest BCUT2D eigenvalue weighted by Crippen LogP contribution is 2.36. The Balaban J connectivity index is 1.59. The molecule has 0 bridgehead atoms. The van der Waals surface area contributed by atoms with Crippen LogP contribution in [0, 0.1) is 0 Å². The summed E-state index contributed by atoms with van der Waals surface area (Å²) < 4.78 is 23.1. The molecule has 1 saturated heterocycles. The Morgan fingerprint density at radius 1 is 1.16 bits per heavy atom. The number of halogens is 1. The molecule has 13 heteroatoms. The first-order chi connectivity index (χ1) is 14.7. The number of para-hydroxylation sites is 1. The first-order valence-electron chi connectivity index (χ1n) is 9.23. The standard InChI is InChI=1S/C18H20ClN4O7P/c19-18-21-15(20-10-4-2-1-3-5-10)11-6-7-23(16(11)22-18)17-14(25)13(24)12(30-17)8-29-9-31(26,27)28/h1-7,12-14,17,24-25H,8-9H2,(H,20,21,22)(H2,26,27,28)/t12-,13-,14-,17-/m1/s1. The summed E-state index contributed by atoms with van der Waals surface area (Å²) in [4.78, 5) is 26.2. The van der Waals surface area contributed by atoms with Crippen molar-refractivity contribution in [2.24, 2.45) is 0 Å². The zero-order valence-electron chi connectivity index (χ0n) is 15.9. The summed E-state index contributed by atoms with van der Waals surface area (Å²) in [6, 6.07) is 11.1. The minimum Gasteiger partial charge on any atom is -0.387 e. The molecule has 4 atom stereocenters. The van der Waals surface area contributed by atoms with Gasteiger partial charge in [0.25, 0.3) is 0 Å². The lowest BCUT2D eigenvalue weighted by molar-refractivity contribution is -0.0610. The average Bonchev–Trinajstić information content (AvgIpc) is 3.24. The van der Waals surface area contributed by atoms with Crippen molar-refractivity contribution in [3.8, 4) is 0 Å². The molecule has 0 saturated carbocycles. The van der Waals surface area contributed by atoms with Crippen LogP contribution < -0.4 is 5.32 Å². The monoisotopic (exact) mass is 470 g/mol. The molecule has 0 spiro atoms. The van der Waals surface area contributed by atoms with Crippen LogP contribution in [0.3, 0.4) is 0 Å². The van der Waals surface area contributed by atoms with Gasteiger partial charge in [-0.3, -0.25) is 4.57 Å². The molecule has 0 radical (unpaired) electrons. The predicted molar refractivity (Wildman–Crippen MR) is 111 cm³/mol. The highest BCUT2D eigenvalue weighted by atomic mass is 35.5. The first-order valence-corrected chi connectivity index (χ1v) is 11.4. The molecule has 0 unspecified atom stereocenters. The predicted octanol–water partition coefficient (Wildman–Crippen LogP) is 1.60. The minimum atomic E-state index is -4.36. The van der Waals surface area contributed by atoms with Gasteiger partial charge in [0.1, 0.15) is 36.1 Å². The van der Waals surface area contributed by atoms with Crippen LogP contribution >= 0.6 is 19.2 Å². The number of hydrogen-bond donors (Lipinski definition) is 5. The molecule has 1 aliphatic rings. The number of nitrogens with one attached hydrogen (secondary N) is 1. The molecule has 1 aromatic carbocycles. The van der Waals surface area contributed by atoms with Crippen LogP contribution in [-0.4, -0.2) is 65.8 Å².